The average Bonchev–Trinajstić information content (AvgIpc) is 2.68. The molecule has 0 saturated carbocycles. The van der Waals surface area contributed by atoms with E-state index < -0.39 is 0 Å². The molecule has 0 bridgehead atoms. The van der Waals surface area contributed by atoms with Crippen molar-refractivity contribution in [3.63, 3.8) is 0 Å². The quantitative estimate of drug-likeness (QED) is 0.785. The zero-order valence-electron chi connectivity index (χ0n) is 9.77. The molecule has 0 radical (unpaired) electrons. The Hall–Kier alpha value is -1.33. The van der Waals surface area contributed by atoms with E-state index in [1.807, 2.05) is 0 Å². The summed E-state index contributed by atoms with van der Waals surface area (Å²) >= 11 is 5.42. The van der Waals surface area contributed by atoms with E-state index in [-0.39, 0.29) is 0 Å². The number of rotatable bonds is 1. The van der Waals surface area contributed by atoms with Gasteiger partial charge in [-0.1, -0.05) is 12.1 Å². The van der Waals surface area contributed by atoms with Gasteiger partial charge in [-0.05, 0) is 30.8 Å². The number of ether oxygens (including phenoxy) is 1. The Bertz CT molecular complexity index is 595. The maximum absolute atomic E-state index is 5.42. The van der Waals surface area contributed by atoms with Crippen LogP contribution >= 0.6 is 12.2 Å². The lowest BCUT2D eigenvalue weighted by atomic mass is 10.2. The van der Waals surface area contributed by atoms with E-state index in [1.165, 1.54) is 5.56 Å². The van der Waals surface area contributed by atoms with Crippen molar-refractivity contribution in [1.29, 1.82) is 0 Å². The number of nitrogens with one attached hydrogen (secondary N) is 1. The highest BCUT2D eigenvalue weighted by Gasteiger charge is 2.15. The number of fused-ring (bicyclic) bond motifs is 1. The Balaban J connectivity index is 2.18. The summed E-state index contributed by atoms with van der Waals surface area (Å²) in [5, 5.41) is 2.24. The van der Waals surface area contributed by atoms with E-state index in [0.717, 1.165) is 42.1 Å². The van der Waals surface area contributed by atoms with Crippen LogP contribution in [0, 0.1) is 11.7 Å². The van der Waals surface area contributed by atoms with Crippen LogP contribution in [0.5, 0.6) is 0 Å². The molecule has 3 rings (SSSR count). The number of aromatic amines is 1. The van der Waals surface area contributed by atoms with E-state index in [4.69, 9.17) is 17.0 Å². The van der Waals surface area contributed by atoms with Crippen molar-refractivity contribution in [2.45, 2.75) is 6.92 Å². The molecule has 0 amide bonds. The van der Waals surface area contributed by atoms with E-state index >= 15 is 0 Å². The number of para-hydroxylation sites is 1. The molecule has 1 aliphatic heterocycles. The molecule has 5 heteroatoms. The van der Waals surface area contributed by atoms with Crippen LogP contribution in [0.15, 0.2) is 18.2 Å². The van der Waals surface area contributed by atoms with Gasteiger partial charge in [0.1, 0.15) is 0 Å². The summed E-state index contributed by atoms with van der Waals surface area (Å²) in [7, 11) is 0. The lowest BCUT2D eigenvalue weighted by Gasteiger charge is -2.29. The molecule has 0 atom stereocenters. The summed E-state index contributed by atoms with van der Waals surface area (Å²) in [6, 6.07) is 6.26. The second-order valence-corrected chi connectivity index (χ2v) is 4.66. The molecule has 1 N–H and O–H groups in total. The van der Waals surface area contributed by atoms with E-state index in [9.17, 15) is 0 Å². The predicted molar refractivity (Wildman–Crippen MR) is 70.6 cm³/mol. The van der Waals surface area contributed by atoms with Gasteiger partial charge in [-0.15, -0.1) is 0 Å². The monoisotopic (exact) mass is 249 g/mol. The molecule has 4 nitrogen and oxygen atoms in total. The molecule has 1 aromatic heterocycles. The van der Waals surface area contributed by atoms with Crippen molar-refractivity contribution < 1.29 is 4.74 Å². The molecule has 1 saturated heterocycles. The third-order valence-corrected chi connectivity index (χ3v) is 3.45. The SMILES string of the molecule is Cc1cccc2c1[nH]c(=S)n2N1CCOCC1. The minimum Gasteiger partial charge on any atom is -0.378 e. The standard InChI is InChI=1S/C12H15N3OS/c1-9-3-2-4-10-11(9)13-12(17)15(10)14-5-7-16-8-6-14/h2-4H,5-8H2,1H3,(H,13,17). The minimum atomic E-state index is 0.760. The van der Waals surface area contributed by atoms with Gasteiger partial charge in [0.05, 0.1) is 37.3 Å². The summed E-state index contributed by atoms with van der Waals surface area (Å²) in [6.45, 7) is 5.39. The van der Waals surface area contributed by atoms with Gasteiger partial charge < -0.3 is 14.7 Å². The Morgan fingerprint density at radius 2 is 2.06 bits per heavy atom. The highest BCUT2D eigenvalue weighted by Crippen LogP contribution is 2.18. The van der Waals surface area contributed by atoms with Gasteiger partial charge in [-0.2, -0.15) is 0 Å². The van der Waals surface area contributed by atoms with E-state index in [0.29, 0.717) is 0 Å². The van der Waals surface area contributed by atoms with Crippen LogP contribution in [0.2, 0.25) is 0 Å². The lowest BCUT2D eigenvalue weighted by molar-refractivity contribution is 0.111. The van der Waals surface area contributed by atoms with Crippen LogP contribution in [0.25, 0.3) is 11.0 Å². The Kier molecular flexibility index (Phi) is 2.64. The van der Waals surface area contributed by atoms with Crippen LogP contribution < -0.4 is 5.01 Å². The summed E-state index contributed by atoms with van der Waals surface area (Å²) in [4.78, 5) is 3.29. The number of imidazole rings is 1. The maximum Gasteiger partial charge on any atom is 0.197 e. The van der Waals surface area contributed by atoms with Crippen molar-refractivity contribution in [1.82, 2.24) is 9.66 Å². The van der Waals surface area contributed by atoms with Gasteiger partial charge in [-0.3, -0.25) is 0 Å². The molecule has 1 aromatic carbocycles. The first-order chi connectivity index (χ1) is 8.27. The second kappa shape index (κ2) is 4.16. The van der Waals surface area contributed by atoms with Crippen molar-refractivity contribution >= 4 is 23.3 Å². The first kappa shape index (κ1) is 10.8. The molecule has 1 aliphatic rings. The second-order valence-electron chi connectivity index (χ2n) is 4.28. The molecule has 2 aromatic rings. The van der Waals surface area contributed by atoms with Gasteiger partial charge in [-0.25, -0.2) is 4.68 Å². The first-order valence-corrected chi connectivity index (χ1v) is 6.21. The highest BCUT2D eigenvalue weighted by molar-refractivity contribution is 7.71. The molecule has 0 aliphatic carbocycles. The number of hydrogen-bond acceptors (Lipinski definition) is 3. The van der Waals surface area contributed by atoms with Gasteiger partial charge in [0.2, 0.25) is 0 Å². The van der Waals surface area contributed by atoms with Crippen LogP contribution in [0.1, 0.15) is 5.56 Å². The molecule has 0 unspecified atom stereocenters. The minimum absolute atomic E-state index is 0.760. The molecule has 1 fully saturated rings. The number of hydrogen-bond donors (Lipinski definition) is 1. The molecule has 90 valence electrons. The summed E-state index contributed by atoms with van der Waals surface area (Å²) in [5.41, 5.74) is 3.50. The number of H-pyrrole nitrogens is 1. The summed E-state index contributed by atoms with van der Waals surface area (Å²) in [6.07, 6.45) is 0. The van der Waals surface area contributed by atoms with Crippen molar-refractivity contribution in [3.8, 4) is 0 Å². The van der Waals surface area contributed by atoms with Crippen LogP contribution in [-0.4, -0.2) is 36.0 Å². The zero-order chi connectivity index (χ0) is 11.8. The summed E-state index contributed by atoms with van der Waals surface area (Å²) < 4.78 is 8.23. The topological polar surface area (TPSA) is 33.2 Å². The van der Waals surface area contributed by atoms with E-state index in [2.05, 4.69) is 39.8 Å². The number of morpholine rings is 1. The molecule has 0 spiro atoms. The predicted octanol–water partition coefficient (Wildman–Crippen LogP) is 1.98. The lowest BCUT2D eigenvalue weighted by Crippen LogP contribution is -2.43. The van der Waals surface area contributed by atoms with Crippen molar-refractivity contribution in [2.24, 2.45) is 0 Å². The maximum atomic E-state index is 5.42. The Morgan fingerprint density at radius 1 is 1.29 bits per heavy atom. The number of aromatic nitrogens is 2. The molecule has 2 heterocycles. The molecular formula is C12H15N3OS. The fourth-order valence-corrected chi connectivity index (χ4v) is 2.61. The molecule has 17 heavy (non-hydrogen) atoms. The highest BCUT2D eigenvalue weighted by atomic mass is 32.1. The number of aryl methyl sites for hydroxylation is 1. The summed E-state index contributed by atoms with van der Waals surface area (Å²) in [5.74, 6) is 0. The smallest absolute Gasteiger partial charge is 0.197 e. The van der Waals surface area contributed by atoms with Crippen LogP contribution in [0.3, 0.4) is 0 Å². The Morgan fingerprint density at radius 3 is 2.82 bits per heavy atom. The zero-order valence-corrected chi connectivity index (χ0v) is 10.6. The Labute approximate surface area is 105 Å². The number of nitrogens with zero attached hydrogens (tertiary/aromatic N) is 2. The van der Waals surface area contributed by atoms with E-state index in [1.54, 1.807) is 0 Å². The van der Waals surface area contributed by atoms with Gasteiger partial charge in [0.15, 0.2) is 4.77 Å². The normalized spacial score (nSPS) is 16.6. The van der Waals surface area contributed by atoms with Crippen LogP contribution in [0.4, 0.5) is 0 Å². The first-order valence-electron chi connectivity index (χ1n) is 5.81. The fourth-order valence-electron chi connectivity index (χ4n) is 2.30. The molecular weight excluding hydrogens is 234 g/mol. The van der Waals surface area contributed by atoms with Gasteiger partial charge in [0.25, 0.3) is 0 Å². The van der Waals surface area contributed by atoms with Crippen LogP contribution in [-0.2, 0) is 4.74 Å². The largest absolute Gasteiger partial charge is 0.378 e. The van der Waals surface area contributed by atoms with Gasteiger partial charge >= 0.3 is 0 Å². The van der Waals surface area contributed by atoms with Crippen molar-refractivity contribution in [2.75, 3.05) is 31.3 Å². The average molecular weight is 249 g/mol. The van der Waals surface area contributed by atoms with Crippen molar-refractivity contribution in [3.05, 3.63) is 28.5 Å². The third kappa shape index (κ3) is 1.75. The van der Waals surface area contributed by atoms with Gasteiger partial charge in [0, 0.05) is 0 Å². The third-order valence-electron chi connectivity index (χ3n) is 3.17. The fraction of sp³-hybridized carbons (Fsp3) is 0.417. The number of benzene rings is 1.